The van der Waals surface area contributed by atoms with Crippen LogP contribution in [0.2, 0.25) is 0 Å². The number of esters is 1. The Hall–Kier alpha value is -1.68. The van der Waals surface area contributed by atoms with E-state index < -0.39 is 11.9 Å². The Morgan fingerprint density at radius 3 is 2.32 bits per heavy atom. The Bertz CT molecular complexity index is 587. The molecule has 4 nitrogen and oxygen atoms in total. The van der Waals surface area contributed by atoms with Crippen molar-refractivity contribution in [3.05, 3.63) is 35.9 Å². The maximum Gasteiger partial charge on any atom is 0.345 e. The van der Waals surface area contributed by atoms with Crippen molar-refractivity contribution in [1.29, 1.82) is 0 Å². The molecule has 0 unspecified atom stereocenters. The van der Waals surface area contributed by atoms with E-state index >= 15 is 0 Å². The summed E-state index contributed by atoms with van der Waals surface area (Å²) in [5.41, 5.74) is -0.674. The van der Waals surface area contributed by atoms with E-state index in [1.807, 2.05) is 51.1 Å². The van der Waals surface area contributed by atoms with E-state index in [9.17, 15) is 9.59 Å². The summed E-state index contributed by atoms with van der Waals surface area (Å²) in [6.45, 7) is 5.93. The van der Waals surface area contributed by atoms with Crippen LogP contribution >= 0.6 is 0 Å². The summed E-state index contributed by atoms with van der Waals surface area (Å²) in [5.74, 6) is -0.323. The fourth-order valence-electron chi connectivity index (χ4n) is 3.31. The Kier molecular flexibility index (Phi) is 3.60. The van der Waals surface area contributed by atoms with Crippen LogP contribution in [0.1, 0.15) is 45.6 Å². The molecule has 4 heteroatoms. The lowest BCUT2D eigenvalue weighted by Gasteiger charge is -2.32. The quantitative estimate of drug-likeness (QED) is 0.787. The minimum absolute atomic E-state index is 0.151. The average Bonchev–Trinajstić information content (AvgIpc) is 3.04. The van der Waals surface area contributed by atoms with Gasteiger partial charge < -0.3 is 9.47 Å². The molecule has 2 fully saturated rings. The predicted octanol–water partition coefficient (Wildman–Crippen LogP) is 3.20. The van der Waals surface area contributed by atoms with Gasteiger partial charge in [0.05, 0.1) is 0 Å². The second kappa shape index (κ2) is 5.20. The van der Waals surface area contributed by atoms with Crippen molar-refractivity contribution in [3.8, 4) is 0 Å². The second-order valence-corrected chi connectivity index (χ2v) is 7.30. The first-order chi connectivity index (χ1) is 10.3. The summed E-state index contributed by atoms with van der Waals surface area (Å²) in [6, 6.07) is 9.44. The monoisotopic (exact) mass is 302 g/mol. The van der Waals surface area contributed by atoms with Gasteiger partial charge in [0.1, 0.15) is 5.78 Å². The number of ketones is 1. The molecule has 0 bridgehead atoms. The lowest BCUT2D eigenvalue weighted by atomic mass is 9.80. The van der Waals surface area contributed by atoms with Crippen LogP contribution in [-0.4, -0.2) is 18.0 Å². The Balaban J connectivity index is 2.05. The number of carbonyl (C=O) groups excluding carboxylic acids is 2. The van der Waals surface area contributed by atoms with Gasteiger partial charge in [-0.1, -0.05) is 51.1 Å². The number of cyclic esters (lactones) is 1. The van der Waals surface area contributed by atoms with Crippen LogP contribution in [-0.2, 0) is 24.7 Å². The maximum absolute atomic E-state index is 12.8. The molecule has 3 atom stereocenters. The summed E-state index contributed by atoms with van der Waals surface area (Å²) in [5, 5.41) is 0. The molecule has 1 saturated heterocycles. The number of hydrogen-bond acceptors (Lipinski definition) is 4. The standard InChI is InChI=1S/C18H22O4/c1-17(2,3)16-21-15(20)18(22-16,12-7-5-4-6-8-12)13-9-10-14(19)11-13/h4-8,13,16H,9-11H2,1-3H3/t13-,16+,18+/m0/s1. The fourth-order valence-corrected chi connectivity index (χ4v) is 3.31. The number of Topliss-reactive ketones (excluding diaryl/α,β-unsaturated/α-hetero) is 1. The molecule has 0 aromatic heterocycles. The SMILES string of the molecule is CC(C)(C)[C@@H]1OC(=O)[C@@](c2ccccc2)([C@H]2CCC(=O)C2)O1. The topological polar surface area (TPSA) is 52.6 Å². The van der Waals surface area contributed by atoms with Crippen LogP contribution < -0.4 is 0 Å². The van der Waals surface area contributed by atoms with Gasteiger partial charge >= 0.3 is 5.97 Å². The number of carbonyl (C=O) groups is 2. The molecular formula is C18H22O4. The van der Waals surface area contributed by atoms with Gasteiger partial charge in [0, 0.05) is 24.2 Å². The molecular weight excluding hydrogens is 280 g/mol. The number of rotatable bonds is 2. The normalized spacial score (nSPS) is 32.3. The highest BCUT2D eigenvalue weighted by molar-refractivity contribution is 5.87. The van der Waals surface area contributed by atoms with Crippen LogP contribution in [0.25, 0.3) is 0 Å². The smallest absolute Gasteiger partial charge is 0.345 e. The molecule has 0 spiro atoms. The van der Waals surface area contributed by atoms with E-state index in [4.69, 9.17) is 9.47 Å². The second-order valence-electron chi connectivity index (χ2n) is 7.30. The van der Waals surface area contributed by atoms with Crippen LogP contribution in [0.5, 0.6) is 0 Å². The minimum atomic E-state index is -1.15. The first-order valence-corrected chi connectivity index (χ1v) is 7.80. The number of benzene rings is 1. The molecule has 0 amide bonds. The van der Waals surface area contributed by atoms with Gasteiger partial charge in [-0.2, -0.15) is 0 Å². The Morgan fingerprint density at radius 1 is 1.14 bits per heavy atom. The van der Waals surface area contributed by atoms with E-state index in [0.717, 1.165) is 5.56 Å². The van der Waals surface area contributed by atoms with Gasteiger partial charge in [-0.3, -0.25) is 4.79 Å². The van der Waals surface area contributed by atoms with Crippen molar-refractivity contribution in [2.75, 3.05) is 0 Å². The minimum Gasteiger partial charge on any atom is -0.433 e. The lowest BCUT2D eigenvalue weighted by molar-refractivity contribution is -0.162. The Labute approximate surface area is 130 Å². The van der Waals surface area contributed by atoms with Crippen LogP contribution in [0.15, 0.2) is 30.3 Å². The first-order valence-electron chi connectivity index (χ1n) is 7.80. The molecule has 1 saturated carbocycles. The molecule has 1 aromatic carbocycles. The van der Waals surface area contributed by atoms with Gasteiger partial charge in [0.2, 0.25) is 6.29 Å². The van der Waals surface area contributed by atoms with Gasteiger partial charge in [0.15, 0.2) is 5.60 Å². The van der Waals surface area contributed by atoms with Crippen molar-refractivity contribution >= 4 is 11.8 Å². The highest BCUT2D eigenvalue weighted by Crippen LogP contribution is 2.49. The molecule has 22 heavy (non-hydrogen) atoms. The van der Waals surface area contributed by atoms with E-state index in [0.29, 0.717) is 19.3 Å². The maximum atomic E-state index is 12.8. The first kappa shape index (κ1) is 15.2. The largest absolute Gasteiger partial charge is 0.433 e. The van der Waals surface area contributed by atoms with Crippen molar-refractivity contribution in [2.24, 2.45) is 11.3 Å². The third kappa shape index (κ3) is 2.35. The summed E-state index contributed by atoms with van der Waals surface area (Å²) in [4.78, 5) is 24.6. The third-order valence-electron chi connectivity index (χ3n) is 4.54. The van der Waals surface area contributed by atoms with E-state index in [1.54, 1.807) is 0 Å². The van der Waals surface area contributed by atoms with Gasteiger partial charge in [-0.25, -0.2) is 4.79 Å². The van der Waals surface area contributed by atoms with Crippen molar-refractivity contribution in [3.63, 3.8) is 0 Å². The highest BCUT2D eigenvalue weighted by Gasteiger charge is 2.59. The summed E-state index contributed by atoms with van der Waals surface area (Å²) in [6.07, 6.45) is 0.951. The molecule has 0 radical (unpaired) electrons. The zero-order chi connectivity index (χ0) is 16.0. The molecule has 1 heterocycles. The summed E-state index contributed by atoms with van der Waals surface area (Å²) < 4.78 is 11.8. The molecule has 118 valence electrons. The average molecular weight is 302 g/mol. The number of hydrogen-bond donors (Lipinski definition) is 0. The van der Waals surface area contributed by atoms with Crippen molar-refractivity contribution in [1.82, 2.24) is 0 Å². The molecule has 3 rings (SSSR count). The molecule has 0 N–H and O–H groups in total. The van der Waals surface area contributed by atoms with E-state index in [-0.39, 0.29) is 23.1 Å². The highest BCUT2D eigenvalue weighted by atomic mass is 16.8. The zero-order valence-corrected chi connectivity index (χ0v) is 13.3. The summed E-state index contributed by atoms with van der Waals surface area (Å²) in [7, 11) is 0. The molecule has 1 aliphatic carbocycles. The number of ether oxygens (including phenoxy) is 2. The van der Waals surface area contributed by atoms with Gasteiger partial charge in [0.25, 0.3) is 0 Å². The lowest BCUT2D eigenvalue weighted by Crippen LogP contribution is -2.41. The van der Waals surface area contributed by atoms with Gasteiger partial charge in [-0.15, -0.1) is 0 Å². The fraction of sp³-hybridized carbons (Fsp3) is 0.556. The van der Waals surface area contributed by atoms with Crippen molar-refractivity contribution in [2.45, 2.75) is 51.9 Å². The molecule has 1 aromatic rings. The zero-order valence-electron chi connectivity index (χ0n) is 13.3. The van der Waals surface area contributed by atoms with Gasteiger partial charge in [-0.05, 0) is 12.0 Å². The van der Waals surface area contributed by atoms with E-state index in [1.165, 1.54) is 0 Å². The molecule has 2 aliphatic rings. The predicted molar refractivity (Wildman–Crippen MR) is 80.9 cm³/mol. The van der Waals surface area contributed by atoms with Crippen molar-refractivity contribution < 1.29 is 19.1 Å². The summed E-state index contributed by atoms with van der Waals surface area (Å²) >= 11 is 0. The molecule has 1 aliphatic heterocycles. The van der Waals surface area contributed by atoms with Crippen LogP contribution in [0, 0.1) is 11.3 Å². The van der Waals surface area contributed by atoms with E-state index in [2.05, 4.69) is 0 Å². The van der Waals surface area contributed by atoms with Crippen LogP contribution in [0.3, 0.4) is 0 Å². The Morgan fingerprint density at radius 2 is 1.82 bits per heavy atom. The van der Waals surface area contributed by atoms with Crippen LogP contribution in [0.4, 0.5) is 0 Å². The third-order valence-corrected chi connectivity index (χ3v) is 4.54.